The molecule has 1 aromatic rings. The van der Waals surface area contributed by atoms with E-state index in [0.29, 0.717) is 5.75 Å². The third-order valence-corrected chi connectivity index (χ3v) is 2.90. The van der Waals surface area contributed by atoms with Gasteiger partial charge in [0.2, 0.25) is 0 Å². The maximum atomic E-state index is 9.05. The topological polar surface area (TPSA) is 29.5 Å². The Balaban J connectivity index is 2.17. The summed E-state index contributed by atoms with van der Waals surface area (Å²) in [6.07, 6.45) is 0. The van der Waals surface area contributed by atoms with Crippen LogP contribution in [0.1, 0.15) is 11.0 Å². The van der Waals surface area contributed by atoms with Gasteiger partial charge in [-0.2, -0.15) is 0 Å². The number of ether oxygens (including phenoxy) is 1. The van der Waals surface area contributed by atoms with Crippen molar-refractivity contribution >= 4 is 11.8 Å². The Morgan fingerprint density at radius 3 is 2.67 bits per heavy atom. The van der Waals surface area contributed by atoms with E-state index < -0.39 is 0 Å². The van der Waals surface area contributed by atoms with Gasteiger partial charge in [-0.05, 0) is 17.7 Å². The molecule has 1 aliphatic heterocycles. The van der Waals surface area contributed by atoms with Crippen LogP contribution in [0, 0.1) is 0 Å². The summed E-state index contributed by atoms with van der Waals surface area (Å²) in [5.74, 6) is 1.37. The molecule has 1 atom stereocenters. The first-order valence-corrected chi connectivity index (χ1v) is 4.93. The molecule has 1 N–H and O–H groups in total. The van der Waals surface area contributed by atoms with Crippen molar-refractivity contribution in [3.05, 3.63) is 29.8 Å². The van der Waals surface area contributed by atoms with Gasteiger partial charge in [-0.25, -0.2) is 0 Å². The number of hydrogen-bond acceptors (Lipinski definition) is 3. The largest absolute Gasteiger partial charge is 0.508 e. The summed E-state index contributed by atoms with van der Waals surface area (Å²) in [4.78, 5) is 0. The van der Waals surface area contributed by atoms with Gasteiger partial charge in [0.15, 0.2) is 0 Å². The number of hydrogen-bond donors (Lipinski definition) is 1. The second kappa shape index (κ2) is 3.37. The standard InChI is InChI=1S/C9H10O2S/c10-8-3-1-7(2-4-8)9-11-5-6-12-9/h1-4,9-10H,5-6H2. The fraction of sp³-hybridized carbons (Fsp3) is 0.333. The SMILES string of the molecule is Oc1ccc(C2OCCS2)cc1. The van der Waals surface area contributed by atoms with Crippen molar-refractivity contribution in [2.45, 2.75) is 5.44 Å². The maximum Gasteiger partial charge on any atom is 0.128 e. The van der Waals surface area contributed by atoms with Crippen LogP contribution in [0.25, 0.3) is 0 Å². The smallest absolute Gasteiger partial charge is 0.128 e. The highest BCUT2D eigenvalue weighted by atomic mass is 32.2. The Kier molecular flexibility index (Phi) is 2.23. The van der Waals surface area contributed by atoms with E-state index in [1.165, 1.54) is 0 Å². The van der Waals surface area contributed by atoms with Crippen LogP contribution in [-0.4, -0.2) is 17.5 Å². The van der Waals surface area contributed by atoms with Crippen molar-refractivity contribution < 1.29 is 9.84 Å². The second-order valence-electron chi connectivity index (χ2n) is 2.67. The van der Waals surface area contributed by atoms with Crippen LogP contribution >= 0.6 is 11.8 Å². The molecule has 3 heteroatoms. The van der Waals surface area contributed by atoms with Crippen LogP contribution < -0.4 is 0 Å². The molecule has 1 heterocycles. The Bertz CT molecular complexity index is 252. The molecule has 0 saturated carbocycles. The third-order valence-electron chi connectivity index (χ3n) is 1.79. The quantitative estimate of drug-likeness (QED) is 0.721. The summed E-state index contributed by atoms with van der Waals surface area (Å²) in [5.41, 5.74) is 1.31. The Hall–Kier alpha value is -0.670. The lowest BCUT2D eigenvalue weighted by Gasteiger charge is -2.07. The van der Waals surface area contributed by atoms with Gasteiger partial charge in [-0.15, -0.1) is 11.8 Å². The summed E-state index contributed by atoms with van der Waals surface area (Å²) in [5, 5.41) is 9.05. The van der Waals surface area contributed by atoms with Crippen LogP contribution in [-0.2, 0) is 4.74 Å². The lowest BCUT2D eigenvalue weighted by molar-refractivity contribution is 0.145. The molecule has 0 bridgehead atoms. The number of rotatable bonds is 1. The number of aromatic hydroxyl groups is 1. The van der Waals surface area contributed by atoms with Crippen molar-refractivity contribution in [2.75, 3.05) is 12.4 Å². The molecule has 0 spiro atoms. The molecule has 1 aliphatic rings. The van der Waals surface area contributed by atoms with E-state index in [1.807, 2.05) is 12.1 Å². The first-order chi connectivity index (χ1) is 5.86. The second-order valence-corrected chi connectivity index (χ2v) is 3.83. The fourth-order valence-electron chi connectivity index (χ4n) is 1.18. The van der Waals surface area contributed by atoms with Gasteiger partial charge in [-0.1, -0.05) is 12.1 Å². The van der Waals surface area contributed by atoms with Gasteiger partial charge in [0, 0.05) is 5.75 Å². The van der Waals surface area contributed by atoms with E-state index >= 15 is 0 Å². The molecular formula is C9H10O2S. The number of phenols is 1. The average Bonchev–Trinajstić information content (AvgIpc) is 2.58. The van der Waals surface area contributed by atoms with Crippen LogP contribution in [0.2, 0.25) is 0 Å². The first kappa shape index (κ1) is 7.95. The van der Waals surface area contributed by atoms with Crippen molar-refractivity contribution in [3.8, 4) is 5.75 Å². The van der Waals surface area contributed by atoms with E-state index in [-0.39, 0.29) is 5.44 Å². The lowest BCUT2D eigenvalue weighted by Crippen LogP contribution is -1.91. The fourth-order valence-corrected chi connectivity index (χ4v) is 2.13. The molecule has 2 nitrogen and oxygen atoms in total. The van der Waals surface area contributed by atoms with Gasteiger partial charge in [0.25, 0.3) is 0 Å². The minimum absolute atomic E-state index is 0.172. The molecule has 0 radical (unpaired) electrons. The van der Waals surface area contributed by atoms with E-state index in [1.54, 1.807) is 23.9 Å². The van der Waals surface area contributed by atoms with Gasteiger partial charge < -0.3 is 9.84 Å². The molecular weight excluding hydrogens is 172 g/mol. The van der Waals surface area contributed by atoms with Gasteiger partial charge in [-0.3, -0.25) is 0 Å². The van der Waals surface area contributed by atoms with Gasteiger partial charge >= 0.3 is 0 Å². The monoisotopic (exact) mass is 182 g/mol. The third kappa shape index (κ3) is 1.57. The Morgan fingerprint density at radius 1 is 1.33 bits per heavy atom. The minimum atomic E-state index is 0.172. The van der Waals surface area contributed by atoms with Gasteiger partial charge in [0.1, 0.15) is 11.2 Å². The molecule has 0 aromatic heterocycles. The Morgan fingerprint density at radius 2 is 2.08 bits per heavy atom. The number of phenolic OH excluding ortho intramolecular Hbond substituents is 1. The van der Waals surface area contributed by atoms with Gasteiger partial charge in [0.05, 0.1) is 6.61 Å². The highest BCUT2D eigenvalue weighted by Crippen LogP contribution is 2.35. The van der Waals surface area contributed by atoms with Crippen molar-refractivity contribution in [2.24, 2.45) is 0 Å². The average molecular weight is 182 g/mol. The van der Waals surface area contributed by atoms with E-state index in [0.717, 1.165) is 17.9 Å². The number of thioether (sulfide) groups is 1. The molecule has 1 aromatic carbocycles. The van der Waals surface area contributed by atoms with Crippen LogP contribution in [0.3, 0.4) is 0 Å². The van der Waals surface area contributed by atoms with Crippen LogP contribution in [0.4, 0.5) is 0 Å². The highest BCUT2D eigenvalue weighted by Gasteiger charge is 2.17. The predicted octanol–water partition coefficient (Wildman–Crippen LogP) is 2.15. The molecule has 0 amide bonds. The molecule has 1 unspecified atom stereocenters. The van der Waals surface area contributed by atoms with Crippen molar-refractivity contribution in [3.63, 3.8) is 0 Å². The minimum Gasteiger partial charge on any atom is -0.508 e. The summed E-state index contributed by atoms with van der Waals surface area (Å²) in [7, 11) is 0. The van der Waals surface area contributed by atoms with Crippen LogP contribution in [0.15, 0.2) is 24.3 Å². The van der Waals surface area contributed by atoms with Crippen LogP contribution in [0.5, 0.6) is 5.75 Å². The van der Waals surface area contributed by atoms with Crippen molar-refractivity contribution in [1.29, 1.82) is 0 Å². The molecule has 1 fully saturated rings. The Labute approximate surface area is 75.6 Å². The normalized spacial score (nSPS) is 22.8. The molecule has 64 valence electrons. The zero-order chi connectivity index (χ0) is 8.39. The van der Waals surface area contributed by atoms with E-state index in [9.17, 15) is 0 Å². The number of benzene rings is 1. The maximum absolute atomic E-state index is 9.05. The zero-order valence-corrected chi connectivity index (χ0v) is 7.38. The zero-order valence-electron chi connectivity index (χ0n) is 6.56. The van der Waals surface area contributed by atoms with E-state index in [2.05, 4.69) is 0 Å². The van der Waals surface area contributed by atoms with E-state index in [4.69, 9.17) is 9.84 Å². The first-order valence-electron chi connectivity index (χ1n) is 3.88. The summed E-state index contributed by atoms with van der Waals surface area (Å²) < 4.78 is 5.46. The molecule has 0 aliphatic carbocycles. The van der Waals surface area contributed by atoms with Crippen molar-refractivity contribution in [1.82, 2.24) is 0 Å². The summed E-state index contributed by atoms with van der Waals surface area (Å²) in [6, 6.07) is 7.19. The lowest BCUT2D eigenvalue weighted by atomic mass is 10.2. The summed E-state index contributed by atoms with van der Waals surface area (Å²) >= 11 is 1.80. The predicted molar refractivity (Wildman–Crippen MR) is 49.3 cm³/mol. The summed E-state index contributed by atoms with van der Waals surface area (Å²) in [6.45, 7) is 0.830. The molecule has 2 rings (SSSR count). The molecule has 1 saturated heterocycles. The highest BCUT2D eigenvalue weighted by molar-refractivity contribution is 7.99. The molecule has 12 heavy (non-hydrogen) atoms.